The molecule has 0 radical (unpaired) electrons. The van der Waals surface area contributed by atoms with Crippen LogP contribution in [0.5, 0.6) is 11.5 Å². The monoisotopic (exact) mass is 504 g/mol. The van der Waals surface area contributed by atoms with Crippen molar-refractivity contribution in [2.24, 2.45) is 0 Å². The lowest BCUT2D eigenvalue weighted by Gasteiger charge is -2.36. The predicted molar refractivity (Wildman–Crippen MR) is 140 cm³/mol. The van der Waals surface area contributed by atoms with Gasteiger partial charge in [-0.1, -0.05) is 12.1 Å². The van der Waals surface area contributed by atoms with E-state index in [9.17, 15) is 19.7 Å². The van der Waals surface area contributed by atoms with Crippen LogP contribution in [0.2, 0.25) is 0 Å². The Morgan fingerprint density at radius 2 is 1.76 bits per heavy atom. The van der Waals surface area contributed by atoms with Gasteiger partial charge < -0.3 is 19.7 Å². The summed E-state index contributed by atoms with van der Waals surface area (Å²) in [4.78, 5) is 40.3. The quantitative estimate of drug-likeness (QED) is 0.341. The van der Waals surface area contributed by atoms with Crippen molar-refractivity contribution in [3.63, 3.8) is 0 Å². The van der Waals surface area contributed by atoms with Crippen molar-refractivity contribution in [1.82, 2.24) is 4.90 Å². The predicted octanol–water partition coefficient (Wildman–Crippen LogP) is 5.01. The summed E-state index contributed by atoms with van der Waals surface area (Å²) in [7, 11) is 3.16. The van der Waals surface area contributed by atoms with E-state index in [-0.39, 0.29) is 17.3 Å². The number of carbonyl (C=O) groups is 2. The molecular formula is C27H28N4O6. The van der Waals surface area contributed by atoms with Crippen molar-refractivity contribution in [3.05, 3.63) is 87.5 Å². The summed E-state index contributed by atoms with van der Waals surface area (Å²) in [5, 5.41) is 14.0. The molecule has 0 bridgehead atoms. The molecule has 1 aliphatic heterocycles. The molecule has 1 N–H and O–H groups in total. The van der Waals surface area contributed by atoms with Crippen LogP contribution in [0.1, 0.15) is 27.9 Å². The Morgan fingerprint density at radius 3 is 2.43 bits per heavy atom. The van der Waals surface area contributed by atoms with E-state index in [1.54, 1.807) is 67.3 Å². The summed E-state index contributed by atoms with van der Waals surface area (Å²) in [5.41, 5.74) is 2.55. The van der Waals surface area contributed by atoms with Gasteiger partial charge in [0.2, 0.25) is 0 Å². The molecule has 192 valence electrons. The first kappa shape index (κ1) is 25.5. The van der Waals surface area contributed by atoms with Gasteiger partial charge >= 0.3 is 6.03 Å². The number of rotatable bonds is 8. The third-order valence-corrected chi connectivity index (χ3v) is 6.18. The number of ether oxygens (including phenoxy) is 2. The third-order valence-electron chi connectivity index (χ3n) is 6.18. The van der Waals surface area contributed by atoms with Crippen molar-refractivity contribution in [2.45, 2.75) is 19.9 Å². The van der Waals surface area contributed by atoms with Crippen LogP contribution in [-0.2, 0) is 6.54 Å². The number of aryl methyl sites for hydroxylation is 1. The summed E-state index contributed by atoms with van der Waals surface area (Å²) in [5.74, 6) is 0.829. The summed E-state index contributed by atoms with van der Waals surface area (Å²) in [6, 6.07) is 16.7. The number of nitrogens with one attached hydrogen (secondary N) is 1. The lowest BCUT2D eigenvalue weighted by Crippen LogP contribution is -2.49. The van der Waals surface area contributed by atoms with E-state index in [0.717, 1.165) is 12.0 Å². The maximum atomic E-state index is 13.4. The van der Waals surface area contributed by atoms with Gasteiger partial charge in [-0.15, -0.1) is 0 Å². The van der Waals surface area contributed by atoms with Crippen LogP contribution in [0.25, 0.3) is 0 Å². The summed E-state index contributed by atoms with van der Waals surface area (Å²) in [6.45, 7) is 3.16. The second-order valence-electron chi connectivity index (χ2n) is 8.69. The van der Waals surface area contributed by atoms with Crippen LogP contribution in [0.15, 0.2) is 60.7 Å². The third kappa shape index (κ3) is 5.80. The van der Waals surface area contributed by atoms with Crippen molar-refractivity contribution in [2.75, 3.05) is 37.5 Å². The first-order valence-corrected chi connectivity index (χ1v) is 11.7. The SMILES string of the molecule is COc1cc(CN2CCCN(c3cccc(NC(=O)c4ccc(C)c([N+](=O)[O-])c4)c3)C2=O)cc(OC)c1. The highest BCUT2D eigenvalue weighted by Gasteiger charge is 2.27. The molecule has 37 heavy (non-hydrogen) atoms. The number of nitrogens with zero attached hydrogens (tertiary/aromatic N) is 3. The fraction of sp³-hybridized carbons (Fsp3) is 0.259. The fourth-order valence-electron chi connectivity index (χ4n) is 4.25. The van der Waals surface area contributed by atoms with Crippen molar-refractivity contribution >= 4 is 29.0 Å². The maximum absolute atomic E-state index is 13.4. The molecular weight excluding hydrogens is 476 g/mol. The number of hydrogen-bond donors (Lipinski definition) is 1. The Morgan fingerprint density at radius 1 is 1.03 bits per heavy atom. The van der Waals surface area contributed by atoms with Crippen LogP contribution >= 0.6 is 0 Å². The molecule has 3 aromatic carbocycles. The average molecular weight is 505 g/mol. The molecule has 1 heterocycles. The Hall–Kier alpha value is -4.60. The molecule has 1 fully saturated rings. The Bertz CT molecular complexity index is 1320. The zero-order chi connectivity index (χ0) is 26.5. The number of amides is 3. The van der Waals surface area contributed by atoms with E-state index in [1.807, 2.05) is 18.2 Å². The van der Waals surface area contributed by atoms with E-state index in [4.69, 9.17) is 9.47 Å². The highest BCUT2D eigenvalue weighted by atomic mass is 16.6. The summed E-state index contributed by atoms with van der Waals surface area (Å²) >= 11 is 0. The van der Waals surface area contributed by atoms with Crippen LogP contribution in [-0.4, -0.2) is 49.1 Å². The van der Waals surface area contributed by atoms with Gasteiger partial charge in [0.05, 0.1) is 19.1 Å². The Labute approximate surface area is 214 Å². The van der Waals surface area contributed by atoms with Crippen molar-refractivity contribution in [1.29, 1.82) is 0 Å². The molecule has 0 aliphatic carbocycles. The molecule has 0 aromatic heterocycles. The molecule has 0 atom stereocenters. The standard InChI is InChI=1S/C27H28N4O6/c1-18-8-9-20(14-25(18)31(34)35)26(32)28-21-6-4-7-22(15-21)30-11-5-10-29(27(30)33)17-19-12-23(36-2)16-24(13-19)37-3/h4,6-9,12-16H,5,10-11,17H2,1-3H3,(H,28,32). The van der Waals surface area contributed by atoms with Gasteiger partial charge in [0.15, 0.2) is 0 Å². The van der Waals surface area contributed by atoms with E-state index >= 15 is 0 Å². The number of nitro groups is 1. The second-order valence-corrected chi connectivity index (χ2v) is 8.69. The van der Waals surface area contributed by atoms with Crippen LogP contribution in [0.4, 0.5) is 21.9 Å². The van der Waals surface area contributed by atoms with Gasteiger partial charge in [-0.05, 0) is 55.3 Å². The minimum absolute atomic E-state index is 0.117. The average Bonchev–Trinajstić information content (AvgIpc) is 2.89. The normalized spacial score (nSPS) is 13.3. The van der Waals surface area contributed by atoms with Gasteiger partial charge in [0, 0.05) is 54.3 Å². The topological polar surface area (TPSA) is 114 Å². The summed E-state index contributed by atoms with van der Waals surface area (Å²) < 4.78 is 10.7. The highest BCUT2D eigenvalue weighted by molar-refractivity contribution is 6.05. The van der Waals surface area contributed by atoms with E-state index in [1.165, 1.54) is 6.07 Å². The lowest BCUT2D eigenvalue weighted by molar-refractivity contribution is -0.385. The maximum Gasteiger partial charge on any atom is 0.324 e. The number of methoxy groups -OCH3 is 2. The minimum atomic E-state index is -0.512. The molecule has 0 unspecified atom stereocenters. The summed E-state index contributed by atoms with van der Waals surface area (Å²) in [6.07, 6.45) is 0.774. The van der Waals surface area contributed by atoms with Crippen molar-refractivity contribution in [3.8, 4) is 11.5 Å². The minimum Gasteiger partial charge on any atom is -0.497 e. The number of nitro benzene ring substituents is 1. The molecule has 4 rings (SSSR count). The number of urea groups is 1. The number of carbonyl (C=O) groups excluding carboxylic acids is 2. The first-order valence-electron chi connectivity index (χ1n) is 11.7. The molecule has 1 saturated heterocycles. The smallest absolute Gasteiger partial charge is 0.324 e. The highest BCUT2D eigenvalue weighted by Crippen LogP contribution is 2.28. The Kier molecular flexibility index (Phi) is 7.57. The largest absolute Gasteiger partial charge is 0.497 e. The lowest BCUT2D eigenvalue weighted by atomic mass is 10.1. The molecule has 0 spiro atoms. The van der Waals surface area contributed by atoms with Gasteiger partial charge in [0.1, 0.15) is 11.5 Å². The fourth-order valence-corrected chi connectivity index (χ4v) is 4.25. The zero-order valence-corrected chi connectivity index (χ0v) is 20.9. The molecule has 1 aliphatic rings. The molecule has 3 amide bonds. The Balaban J connectivity index is 1.50. The van der Waals surface area contributed by atoms with Gasteiger partial charge in [-0.25, -0.2) is 4.79 Å². The second kappa shape index (κ2) is 11.0. The van der Waals surface area contributed by atoms with Gasteiger partial charge in [-0.2, -0.15) is 0 Å². The van der Waals surface area contributed by atoms with Crippen LogP contribution in [0.3, 0.4) is 0 Å². The van der Waals surface area contributed by atoms with Crippen LogP contribution in [0, 0.1) is 17.0 Å². The number of anilines is 2. The molecule has 10 nitrogen and oxygen atoms in total. The van der Waals surface area contributed by atoms with Gasteiger partial charge in [0.25, 0.3) is 11.6 Å². The number of benzene rings is 3. The molecule has 10 heteroatoms. The molecule has 3 aromatic rings. The van der Waals surface area contributed by atoms with E-state index < -0.39 is 10.8 Å². The van der Waals surface area contributed by atoms with E-state index in [2.05, 4.69) is 5.32 Å². The van der Waals surface area contributed by atoms with E-state index in [0.29, 0.717) is 48.1 Å². The zero-order valence-electron chi connectivity index (χ0n) is 20.9. The van der Waals surface area contributed by atoms with Crippen LogP contribution < -0.4 is 19.7 Å². The first-order chi connectivity index (χ1) is 17.8. The van der Waals surface area contributed by atoms with Crippen molar-refractivity contribution < 1.29 is 24.0 Å². The molecule has 0 saturated carbocycles. The van der Waals surface area contributed by atoms with Gasteiger partial charge in [-0.3, -0.25) is 19.8 Å². The number of hydrogen-bond acceptors (Lipinski definition) is 6.